The van der Waals surface area contributed by atoms with E-state index in [1.807, 2.05) is 98.8 Å². The number of ether oxygens (including phenoxy) is 1. The lowest BCUT2D eigenvalue weighted by Crippen LogP contribution is -2.46. The Morgan fingerprint density at radius 1 is 0.843 bits per heavy atom. The van der Waals surface area contributed by atoms with Gasteiger partial charge in [-0.3, -0.25) is 14.9 Å². The molecule has 0 aromatic heterocycles. The summed E-state index contributed by atoms with van der Waals surface area (Å²) in [6, 6.07) is 29.2. The lowest BCUT2D eigenvalue weighted by Gasteiger charge is -2.31. The summed E-state index contributed by atoms with van der Waals surface area (Å²) in [7, 11) is -2.88. The van der Waals surface area contributed by atoms with E-state index in [1.54, 1.807) is 0 Å². The number of sulfonamides is 1. The summed E-state index contributed by atoms with van der Waals surface area (Å²) in [6.45, 7) is 3.64. The van der Waals surface area contributed by atoms with Gasteiger partial charge < -0.3 is 15.2 Å². The van der Waals surface area contributed by atoms with Gasteiger partial charge in [0.2, 0.25) is 10.0 Å². The van der Waals surface area contributed by atoms with Crippen LogP contribution in [0.3, 0.4) is 0 Å². The third kappa shape index (κ3) is 10.3. The Labute approximate surface area is 299 Å². The molecule has 0 radical (unpaired) electrons. The molecule has 0 fully saturated rings. The van der Waals surface area contributed by atoms with E-state index >= 15 is 0 Å². The molecule has 0 saturated carbocycles. The van der Waals surface area contributed by atoms with Crippen molar-refractivity contribution in [1.82, 2.24) is 9.62 Å². The number of nitrogens with one attached hydrogen (secondary N) is 1. The molecule has 11 nitrogen and oxygen atoms in total. The largest absolute Gasteiger partial charge is 0.453 e. The van der Waals surface area contributed by atoms with E-state index in [0.717, 1.165) is 28.8 Å². The van der Waals surface area contributed by atoms with Gasteiger partial charge in [0.15, 0.2) is 5.78 Å². The van der Waals surface area contributed by atoms with Crippen LogP contribution < -0.4 is 5.32 Å². The van der Waals surface area contributed by atoms with Crippen LogP contribution in [0.2, 0.25) is 0 Å². The zero-order chi connectivity index (χ0) is 37.0. The maximum absolute atomic E-state index is 14.3. The third-order valence-corrected chi connectivity index (χ3v) is 10.9. The van der Waals surface area contributed by atoms with E-state index in [4.69, 9.17) is 4.74 Å². The van der Waals surface area contributed by atoms with Crippen molar-refractivity contribution in [2.45, 2.75) is 62.4 Å². The molecule has 0 bridgehead atoms. The molecular weight excluding hydrogens is 671 g/mol. The van der Waals surface area contributed by atoms with Gasteiger partial charge in [0.1, 0.15) is 6.04 Å². The summed E-state index contributed by atoms with van der Waals surface area (Å²) < 4.78 is 34.0. The molecule has 51 heavy (non-hydrogen) atoms. The number of Topliss-reactive ketones (excluding diaryl/α,β-unsaturated/α-hetero) is 1. The number of carbonyl (C=O) groups excluding carboxylic acids is 2. The number of aryl methyl sites for hydroxylation is 1. The van der Waals surface area contributed by atoms with Crippen LogP contribution in [0.4, 0.5) is 10.5 Å². The van der Waals surface area contributed by atoms with E-state index in [0.29, 0.717) is 18.4 Å². The van der Waals surface area contributed by atoms with Crippen molar-refractivity contribution in [2.75, 3.05) is 20.3 Å². The van der Waals surface area contributed by atoms with Gasteiger partial charge in [0.05, 0.1) is 23.5 Å². The smallest absolute Gasteiger partial charge is 0.407 e. The molecule has 2 atom stereocenters. The molecule has 0 saturated heterocycles. The van der Waals surface area contributed by atoms with E-state index in [9.17, 15) is 33.2 Å². The van der Waals surface area contributed by atoms with Crippen LogP contribution in [0.1, 0.15) is 54.9 Å². The minimum absolute atomic E-state index is 0.0249. The summed E-state index contributed by atoms with van der Waals surface area (Å²) in [5.74, 6) is -0.583. The van der Waals surface area contributed by atoms with Crippen LogP contribution in [0.25, 0.3) is 0 Å². The van der Waals surface area contributed by atoms with Crippen LogP contribution in [0.5, 0.6) is 0 Å². The molecule has 0 unspecified atom stereocenters. The summed E-state index contributed by atoms with van der Waals surface area (Å²) in [5.41, 5.74) is 2.97. The van der Waals surface area contributed by atoms with Gasteiger partial charge in [-0.05, 0) is 59.6 Å². The number of ketones is 1. The van der Waals surface area contributed by atoms with E-state index in [-0.39, 0.29) is 41.7 Å². The summed E-state index contributed by atoms with van der Waals surface area (Å²) in [6.07, 6.45) is 0.361. The van der Waals surface area contributed by atoms with Crippen LogP contribution in [0.15, 0.2) is 114 Å². The number of benzene rings is 4. The zero-order valence-corrected chi connectivity index (χ0v) is 29.9. The number of methoxy groups -OCH3 is 1. The number of amides is 1. The van der Waals surface area contributed by atoms with Gasteiger partial charge in [-0.2, -0.15) is 4.31 Å². The van der Waals surface area contributed by atoms with Crippen molar-refractivity contribution in [3.05, 3.63) is 142 Å². The molecule has 0 spiro atoms. The second kappa shape index (κ2) is 18.4. The number of nitro benzene ring substituents is 1. The maximum atomic E-state index is 14.3. The Morgan fingerprint density at radius 3 is 1.90 bits per heavy atom. The molecule has 270 valence electrons. The first-order valence-electron chi connectivity index (χ1n) is 16.9. The summed E-state index contributed by atoms with van der Waals surface area (Å²) in [5, 5.41) is 24.5. The van der Waals surface area contributed by atoms with E-state index in [2.05, 4.69) is 5.32 Å². The monoisotopic (exact) mass is 715 g/mol. The number of aliphatic hydroxyl groups is 1. The Balaban J connectivity index is 1.62. The van der Waals surface area contributed by atoms with Crippen LogP contribution in [0, 0.1) is 16.0 Å². The molecule has 4 rings (SSSR count). The Morgan fingerprint density at radius 2 is 1.39 bits per heavy atom. The highest BCUT2D eigenvalue weighted by Gasteiger charge is 2.34. The van der Waals surface area contributed by atoms with Crippen molar-refractivity contribution in [2.24, 2.45) is 5.92 Å². The molecule has 0 aliphatic carbocycles. The first-order valence-corrected chi connectivity index (χ1v) is 18.3. The summed E-state index contributed by atoms with van der Waals surface area (Å²) >= 11 is 0. The standard InChI is InChI=1S/C39H45N3O8S/c1-28(2)24-25-41(51(48,49)35-22-20-33(21-23-35)42(46)47)34(27-43)19-18-29-12-10-11-17-32(29)26-36(44)38(40-39(45)50-3)37(30-13-6-4-7-14-30)31-15-8-5-9-16-31/h4-17,20-23,28,34,37-38,43H,18-19,24-27H2,1-3H3,(H,40,45)/t34-,38+/m0/s1. The predicted octanol–water partition coefficient (Wildman–Crippen LogP) is 6.29. The molecule has 2 N–H and O–H groups in total. The first-order chi connectivity index (χ1) is 24.5. The average molecular weight is 716 g/mol. The van der Waals surface area contributed by atoms with Crippen molar-refractivity contribution >= 4 is 27.6 Å². The predicted molar refractivity (Wildman–Crippen MR) is 195 cm³/mol. The van der Waals surface area contributed by atoms with Crippen LogP contribution >= 0.6 is 0 Å². The Hall–Kier alpha value is -4.91. The van der Waals surface area contributed by atoms with Crippen LogP contribution in [-0.2, 0) is 32.4 Å². The van der Waals surface area contributed by atoms with Crippen molar-refractivity contribution in [3.8, 4) is 0 Å². The minimum Gasteiger partial charge on any atom is -0.453 e. The Bertz CT molecular complexity index is 1810. The third-order valence-electron chi connectivity index (χ3n) is 8.89. The fourth-order valence-electron chi connectivity index (χ4n) is 6.11. The molecule has 4 aromatic rings. The highest BCUT2D eigenvalue weighted by Crippen LogP contribution is 2.30. The van der Waals surface area contributed by atoms with Crippen LogP contribution in [-0.4, -0.2) is 67.0 Å². The molecule has 4 aromatic carbocycles. The van der Waals surface area contributed by atoms with Gasteiger partial charge >= 0.3 is 6.09 Å². The van der Waals surface area contributed by atoms with Crippen molar-refractivity contribution in [3.63, 3.8) is 0 Å². The second-order valence-electron chi connectivity index (χ2n) is 12.7. The lowest BCUT2D eigenvalue weighted by atomic mass is 9.81. The quantitative estimate of drug-likeness (QED) is 0.0899. The highest BCUT2D eigenvalue weighted by molar-refractivity contribution is 7.89. The van der Waals surface area contributed by atoms with Crippen molar-refractivity contribution < 1.29 is 32.8 Å². The number of aliphatic hydroxyl groups excluding tert-OH is 1. The number of rotatable bonds is 18. The number of nitro groups is 1. The number of hydrogen-bond donors (Lipinski definition) is 2. The maximum Gasteiger partial charge on any atom is 0.407 e. The molecule has 12 heteroatoms. The van der Waals surface area contributed by atoms with Gasteiger partial charge in [-0.15, -0.1) is 0 Å². The number of non-ortho nitro benzene ring substituents is 1. The number of hydrogen-bond acceptors (Lipinski definition) is 8. The Kier molecular flexibility index (Phi) is 14.0. The number of carbonyl (C=O) groups is 2. The molecule has 0 aliphatic heterocycles. The second-order valence-corrected chi connectivity index (χ2v) is 14.6. The van der Waals surface area contributed by atoms with Gasteiger partial charge in [0, 0.05) is 37.1 Å². The normalized spacial score (nSPS) is 12.8. The van der Waals surface area contributed by atoms with Gasteiger partial charge in [-0.1, -0.05) is 98.8 Å². The number of nitrogens with zero attached hydrogens (tertiary/aromatic N) is 2. The molecular formula is C39H45N3O8S. The molecule has 1 amide bonds. The fraction of sp³-hybridized carbons (Fsp3) is 0.333. The van der Waals surface area contributed by atoms with Gasteiger partial charge in [-0.25, -0.2) is 13.2 Å². The minimum atomic E-state index is -4.13. The molecule has 0 aliphatic rings. The van der Waals surface area contributed by atoms with E-state index in [1.165, 1.54) is 23.5 Å². The van der Waals surface area contributed by atoms with E-state index < -0.39 is 45.6 Å². The SMILES string of the molecule is COC(=O)N[C@H](C(=O)Cc1ccccc1CC[C@@H](CO)N(CCC(C)C)S(=O)(=O)c1ccc([N+](=O)[O-])cc1)C(c1ccccc1)c1ccccc1. The van der Waals surface area contributed by atoms with Crippen molar-refractivity contribution in [1.29, 1.82) is 0 Å². The zero-order valence-electron chi connectivity index (χ0n) is 29.1. The average Bonchev–Trinajstić information content (AvgIpc) is 3.13. The number of alkyl carbamates (subject to hydrolysis) is 1. The topological polar surface area (TPSA) is 156 Å². The molecule has 0 heterocycles. The lowest BCUT2D eigenvalue weighted by molar-refractivity contribution is -0.384. The summed E-state index contributed by atoms with van der Waals surface area (Å²) in [4.78, 5) is 37.4. The fourth-order valence-corrected chi connectivity index (χ4v) is 7.77. The highest BCUT2D eigenvalue weighted by atomic mass is 32.2. The first kappa shape index (κ1) is 38.9. The van der Waals surface area contributed by atoms with Gasteiger partial charge in [0.25, 0.3) is 5.69 Å².